The maximum absolute atomic E-state index is 12.5. The lowest BCUT2D eigenvalue weighted by Gasteiger charge is -2.00. The lowest BCUT2D eigenvalue weighted by atomic mass is 10.2. The summed E-state index contributed by atoms with van der Waals surface area (Å²) >= 11 is 0. The van der Waals surface area contributed by atoms with Crippen LogP contribution in [0.3, 0.4) is 0 Å². The van der Waals surface area contributed by atoms with Gasteiger partial charge in [-0.1, -0.05) is 13.8 Å². The number of phenols is 1. The van der Waals surface area contributed by atoms with E-state index in [2.05, 4.69) is 0 Å². The molecule has 0 bridgehead atoms. The largest absolute Gasteiger partial charge is 0.503 e. The second kappa shape index (κ2) is 4.74. The summed E-state index contributed by atoms with van der Waals surface area (Å²) < 4.78 is 37.1. The molecule has 13 heavy (non-hydrogen) atoms. The zero-order valence-corrected chi connectivity index (χ0v) is 7.66. The molecule has 0 fully saturated rings. The lowest BCUT2D eigenvalue weighted by Crippen LogP contribution is -1.91. The third-order valence-electron chi connectivity index (χ3n) is 1.31. The molecule has 1 N–H and O–H groups in total. The van der Waals surface area contributed by atoms with Crippen LogP contribution in [0.25, 0.3) is 0 Å². The van der Waals surface area contributed by atoms with E-state index >= 15 is 0 Å². The van der Waals surface area contributed by atoms with Gasteiger partial charge in [-0.3, -0.25) is 0 Å². The maximum atomic E-state index is 12.5. The highest BCUT2D eigenvalue weighted by atomic mass is 19.2. The number of halogens is 3. The second-order valence-electron chi connectivity index (χ2n) is 2.15. The number of hydrogen-bond acceptors (Lipinski definition) is 1. The molecule has 1 aromatic carbocycles. The molecule has 0 aliphatic rings. The predicted octanol–water partition coefficient (Wildman–Crippen LogP) is 3.14. The van der Waals surface area contributed by atoms with Gasteiger partial charge in [0, 0.05) is 0 Å². The van der Waals surface area contributed by atoms with Crippen molar-refractivity contribution in [1.82, 2.24) is 0 Å². The van der Waals surface area contributed by atoms with Crippen LogP contribution >= 0.6 is 0 Å². The van der Waals surface area contributed by atoms with Gasteiger partial charge in [0.15, 0.2) is 17.4 Å². The smallest absolute Gasteiger partial charge is 0.203 e. The minimum Gasteiger partial charge on any atom is -0.503 e. The summed E-state index contributed by atoms with van der Waals surface area (Å²) in [6.07, 6.45) is 0. The highest BCUT2D eigenvalue weighted by Crippen LogP contribution is 2.24. The Balaban J connectivity index is 0.000000671. The molecule has 0 amide bonds. The number of phenolic OH excluding ortho intramolecular Hbond substituents is 1. The van der Waals surface area contributed by atoms with E-state index in [0.717, 1.165) is 0 Å². The first-order valence-corrected chi connectivity index (χ1v) is 3.87. The van der Waals surface area contributed by atoms with Gasteiger partial charge in [0.2, 0.25) is 5.82 Å². The van der Waals surface area contributed by atoms with E-state index in [1.54, 1.807) is 0 Å². The predicted molar refractivity (Wildman–Crippen MR) is 44.1 cm³/mol. The van der Waals surface area contributed by atoms with E-state index in [0.29, 0.717) is 6.07 Å². The van der Waals surface area contributed by atoms with Gasteiger partial charge < -0.3 is 5.11 Å². The molecule has 0 saturated carbocycles. The minimum absolute atomic E-state index is 0.124. The van der Waals surface area contributed by atoms with Crippen LogP contribution in [0.2, 0.25) is 0 Å². The first kappa shape index (κ1) is 11.8. The van der Waals surface area contributed by atoms with Crippen molar-refractivity contribution in [3.05, 3.63) is 29.1 Å². The van der Waals surface area contributed by atoms with E-state index in [9.17, 15) is 13.2 Å². The van der Waals surface area contributed by atoms with Crippen LogP contribution in [-0.4, -0.2) is 5.11 Å². The van der Waals surface area contributed by atoms with Crippen molar-refractivity contribution in [2.75, 3.05) is 0 Å². The quantitative estimate of drug-likeness (QED) is 0.626. The molecule has 1 nitrogen and oxygen atoms in total. The van der Waals surface area contributed by atoms with Crippen molar-refractivity contribution in [3.8, 4) is 5.75 Å². The molecule has 4 heteroatoms. The molecule has 0 saturated heterocycles. The van der Waals surface area contributed by atoms with E-state index in [1.807, 2.05) is 13.8 Å². The molecule has 0 aliphatic heterocycles. The fraction of sp³-hybridized carbons (Fsp3) is 0.333. The molecule has 0 atom stereocenters. The highest BCUT2D eigenvalue weighted by Gasteiger charge is 2.14. The Labute approximate surface area is 74.8 Å². The molecule has 0 radical (unpaired) electrons. The summed E-state index contributed by atoms with van der Waals surface area (Å²) in [6, 6.07) is 0.685. The third-order valence-corrected chi connectivity index (χ3v) is 1.31. The molecule has 0 heterocycles. The van der Waals surface area contributed by atoms with Gasteiger partial charge in [-0.05, 0) is 18.6 Å². The average Bonchev–Trinajstić information content (AvgIpc) is 2.15. The zero-order chi connectivity index (χ0) is 10.6. The fourth-order valence-corrected chi connectivity index (χ4v) is 0.713. The van der Waals surface area contributed by atoms with Crippen LogP contribution < -0.4 is 0 Å². The number of aromatic hydroxyl groups is 1. The van der Waals surface area contributed by atoms with Crippen molar-refractivity contribution in [2.45, 2.75) is 20.8 Å². The molecule has 0 spiro atoms. The lowest BCUT2D eigenvalue weighted by molar-refractivity contribution is 0.374. The van der Waals surface area contributed by atoms with Crippen LogP contribution in [0.15, 0.2) is 6.07 Å². The standard InChI is InChI=1S/C7H5F3O.C2H6/c1-3-2-4(8)6(10)7(11)5(3)9;1-2/h2,11H,1H3;1-2H3. The summed E-state index contributed by atoms with van der Waals surface area (Å²) in [6.45, 7) is 5.23. The third kappa shape index (κ3) is 2.37. The summed E-state index contributed by atoms with van der Waals surface area (Å²) in [7, 11) is 0. The van der Waals surface area contributed by atoms with Crippen molar-refractivity contribution in [1.29, 1.82) is 0 Å². The molecule has 1 rings (SSSR count). The van der Waals surface area contributed by atoms with Crippen molar-refractivity contribution in [2.24, 2.45) is 0 Å². The Morgan fingerprint density at radius 2 is 1.54 bits per heavy atom. The normalized spacial score (nSPS) is 9.08. The van der Waals surface area contributed by atoms with Gasteiger partial charge in [-0.15, -0.1) is 0 Å². The van der Waals surface area contributed by atoms with Crippen molar-refractivity contribution < 1.29 is 18.3 Å². The van der Waals surface area contributed by atoms with Gasteiger partial charge in [-0.2, -0.15) is 4.39 Å². The van der Waals surface area contributed by atoms with Crippen LogP contribution in [0.4, 0.5) is 13.2 Å². The van der Waals surface area contributed by atoms with Crippen LogP contribution in [0.1, 0.15) is 19.4 Å². The van der Waals surface area contributed by atoms with Gasteiger partial charge in [0.25, 0.3) is 0 Å². The Hall–Kier alpha value is -1.19. The Kier molecular flexibility index (Phi) is 4.31. The van der Waals surface area contributed by atoms with Gasteiger partial charge in [0.1, 0.15) is 0 Å². The SMILES string of the molecule is CC.Cc1cc(F)c(F)c(O)c1F. The molecular formula is C9H11F3O. The van der Waals surface area contributed by atoms with Crippen LogP contribution in [0.5, 0.6) is 5.75 Å². The monoisotopic (exact) mass is 192 g/mol. The van der Waals surface area contributed by atoms with E-state index in [-0.39, 0.29) is 5.56 Å². The van der Waals surface area contributed by atoms with Gasteiger partial charge in [-0.25, -0.2) is 8.78 Å². The number of aryl methyl sites for hydroxylation is 1. The topological polar surface area (TPSA) is 20.2 Å². The number of benzene rings is 1. The van der Waals surface area contributed by atoms with E-state index < -0.39 is 23.2 Å². The van der Waals surface area contributed by atoms with Gasteiger partial charge >= 0.3 is 0 Å². The number of rotatable bonds is 0. The number of hydrogen-bond donors (Lipinski definition) is 1. The van der Waals surface area contributed by atoms with E-state index in [1.165, 1.54) is 6.92 Å². The maximum Gasteiger partial charge on any atom is 0.203 e. The molecular weight excluding hydrogens is 181 g/mol. The average molecular weight is 192 g/mol. The summed E-state index contributed by atoms with van der Waals surface area (Å²) in [5.41, 5.74) is -0.124. The van der Waals surface area contributed by atoms with Gasteiger partial charge in [0.05, 0.1) is 0 Å². The summed E-state index contributed by atoms with van der Waals surface area (Å²) in [5, 5.41) is 8.58. The Morgan fingerprint density at radius 3 is 2.00 bits per heavy atom. The first-order valence-electron chi connectivity index (χ1n) is 3.87. The van der Waals surface area contributed by atoms with Crippen LogP contribution in [-0.2, 0) is 0 Å². The van der Waals surface area contributed by atoms with E-state index in [4.69, 9.17) is 5.11 Å². The fourth-order valence-electron chi connectivity index (χ4n) is 0.713. The Morgan fingerprint density at radius 1 is 1.08 bits per heavy atom. The van der Waals surface area contributed by atoms with Crippen LogP contribution in [0, 0.1) is 24.4 Å². The Bertz CT molecular complexity index is 271. The first-order chi connectivity index (χ1) is 6.04. The summed E-state index contributed by atoms with van der Waals surface area (Å²) in [5.74, 6) is -5.18. The summed E-state index contributed by atoms with van der Waals surface area (Å²) in [4.78, 5) is 0. The zero-order valence-electron chi connectivity index (χ0n) is 7.66. The molecule has 74 valence electrons. The molecule has 0 aliphatic carbocycles. The van der Waals surface area contributed by atoms with Crippen molar-refractivity contribution in [3.63, 3.8) is 0 Å². The minimum atomic E-state index is -1.55. The molecule has 0 aromatic heterocycles. The molecule has 1 aromatic rings. The van der Waals surface area contributed by atoms with Crippen molar-refractivity contribution >= 4 is 0 Å². The second-order valence-corrected chi connectivity index (χ2v) is 2.15. The molecule has 0 unspecified atom stereocenters. The highest BCUT2D eigenvalue weighted by molar-refractivity contribution is 5.31.